The van der Waals surface area contributed by atoms with E-state index in [1.165, 1.54) is 5.56 Å². The summed E-state index contributed by atoms with van der Waals surface area (Å²) < 4.78 is 10.5. The molecule has 1 aliphatic heterocycles. The van der Waals surface area contributed by atoms with Gasteiger partial charge in [-0.1, -0.05) is 30.3 Å². The topological polar surface area (TPSA) is 59.6 Å². The van der Waals surface area contributed by atoms with E-state index in [2.05, 4.69) is 34.9 Å². The van der Waals surface area contributed by atoms with Crippen molar-refractivity contribution in [3.05, 3.63) is 54.1 Å². The molecule has 0 aliphatic carbocycles. The molecule has 0 radical (unpaired) electrons. The number of aryl methyl sites for hydroxylation is 1. The summed E-state index contributed by atoms with van der Waals surface area (Å²) in [5.74, 6) is 1.38. The van der Waals surface area contributed by atoms with Crippen LogP contribution >= 0.6 is 0 Å². The van der Waals surface area contributed by atoms with Crippen LogP contribution < -0.4 is 20.1 Å². The van der Waals surface area contributed by atoms with Gasteiger partial charge in [-0.05, 0) is 37.1 Å². The number of ether oxygens (including phenoxy) is 2. The van der Waals surface area contributed by atoms with Gasteiger partial charge in [0.25, 0.3) is 0 Å². The minimum Gasteiger partial charge on any atom is -0.454 e. The van der Waals surface area contributed by atoms with E-state index < -0.39 is 0 Å². The largest absolute Gasteiger partial charge is 0.454 e. The Labute approximate surface area is 142 Å². The van der Waals surface area contributed by atoms with Crippen molar-refractivity contribution in [1.82, 2.24) is 5.32 Å². The van der Waals surface area contributed by atoms with Crippen LogP contribution in [-0.4, -0.2) is 25.8 Å². The molecular weight excluding hydrogens is 304 g/mol. The second kappa shape index (κ2) is 8.36. The molecule has 3 rings (SSSR count). The molecule has 0 spiro atoms. The van der Waals surface area contributed by atoms with Crippen LogP contribution in [0.5, 0.6) is 11.5 Å². The standard InChI is InChI=1S/C19H22N2O3/c22-19(21-16-8-9-17-18(13-16)24-14-23-17)10-12-20-11-4-7-15-5-2-1-3-6-15/h1-3,5-6,8-9,13,20H,4,7,10-12,14H2,(H,21,22). The molecular formula is C19H22N2O3. The van der Waals surface area contributed by atoms with E-state index in [0.717, 1.165) is 25.1 Å². The maximum absolute atomic E-state index is 11.9. The first-order valence-corrected chi connectivity index (χ1v) is 8.25. The van der Waals surface area contributed by atoms with Gasteiger partial charge in [0.1, 0.15) is 0 Å². The van der Waals surface area contributed by atoms with Crippen molar-refractivity contribution in [1.29, 1.82) is 0 Å². The van der Waals surface area contributed by atoms with Crippen molar-refractivity contribution >= 4 is 11.6 Å². The third kappa shape index (κ3) is 4.73. The number of carbonyl (C=O) groups excluding carboxylic acids is 1. The highest BCUT2D eigenvalue weighted by molar-refractivity contribution is 5.91. The lowest BCUT2D eigenvalue weighted by Gasteiger charge is -2.07. The Morgan fingerprint density at radius 3 is 2.71 bits per heavy atom. The molecule has 1 amide bonds. The van der Waals surface area contributed by atoms with Crippen LogP contribution in [0.1, 0.15) is 18.4 Å². The predicted octanol–water partition coefficient (Wildman–Crippen LogP) is 2.97. The molecule has 2 N–H and O–H groups in total. The summed E-state index contributed by atoms with van der Waals surface area (Å²) in [4.78, 5) is 11.9. The minimum atomic E-state index is -0.00979. The number of fused-ring (bicyclic) bond motifs is 1. The summed E-state index contributed by atoms with van der Waals surface area (Å²) >= 11 is 0. The summed E-state index contributed by atoms with van der Waals surface area (Å²) in [6, 6.07) is 15.8. The first-order chi connectivity index (χ1) is 11.8. The van der Waals surface area contributed by atoms with Crippen molar-refractivity contribution in [3.8, 4) is 11.5 Å². The highest BCUT2D eigenvalue weighted by atomic mass is 16.7. The van der Waals surface area contributed by atoms with Gasteiger partial charge in [-0.3, -0.25) is 4.79 Å². The van der Waals surface area contributed by atoms with Gasteiger partial charge in [0.05, 0.1) is 0 Å². The quantitative estimate of drug-likeness (QED) is 0.732. The molecule has 0 unspecified atom stereocenters. The van der Waals surface area contributed by atoms with E-state index in [1.54, 1.807) is 12.1 Å². The Kier molecular flexibility index (Phi) is 5.69. The lowest BCUT2D eigenvalue weighted by Crippen LogP contribution is -2.22. The van der Waals surface area contributed by atoms with E-state index in [0.29, 0.717) is 24.5 Å². The second-order valence-electron chi connectivity index (χ2n) is 5.71. The fourth-order valence-corrected chi connectivity index (χ4v) is 2.59. The molecule has 0 saturated carbocycles. The Hall–Kier alpha value is -2.53. The summed E-state index contributed by atoms with van der Waals surface area (Å²) in [7, 11) is 0. The minimum absolute atomic E-state index is 0.00979. The third-order valence-corrected chi connectivity index (χ3v) is 3.85. The number of hydrogen-bond acceptors (Lipinski definition) is 4. The number of rotatable bonds is 8. The summed E-state index contributed by atoms with van der Waals surface area (Å²) in [6.45, 7) is 1.82. The van der Waals surface area contributed by atoms with E-state index >= 15 is 0 Å². The number of amides is 1. The van der Waals surface area contributed by atoms with Crippen LogP contribution in [0.2, 0.25) is 0 Å². The Bertz CT molecular complexity index is 674. The Morgan fingerprint density at radius 1 is 1.00 bits per heavy atom. The van der Waals surface area contributed by atoms with E-state index in [9.17, 15) is 4.79 Å². The summed E-state index contributed by atoms with van der Waals surface area (Å²) in [6.07, 6.45) is 2.56. The summed E-state index contributed by atoms with van der Waals surface area (Å²) in [5.41, 5.74) is 2.08. The van der Waals surface area contributed by atoms with Gasteiger partial charge in [0.15, 0.2) is 11.5 Å². The van der Waals surface area contributed by atoms with Crippen LogP contribution in [0.15, 0.2) is 48.5 Å². The number of hydrogen-bond donors (Lipinski definition) is 2. The van der Waals surface area contributed by atoms with Gasteiger partial charge in [-0.2, -0.15) is 0 Å². The molecule has 1 aliphatic rings. The Balaban J connectivity index is 1.30. The van der Waals surface area contributed by atoms with Crippen molar-refractivity contribution in [2.75, 3.05) is 25.2 Å². The van der Waals surface area contributed by atoms with Crippen LogP contribution in [0.3, 0.4) is 0 Å². The van der Waals surface area contributed by atoms with E-state index in [4.69, 9.17) is 9.47 Å². The van der Waals surface area contributed by atoms with Crippen molar-refractivity contribution < 1.29 is 14.3 Å². The molecule has 5 heteroatoms. The highest BCUT2D eigenvalue weighted by Gasteiger charge is 2.13. The van der Waals surface area contributed by atoms with Crippen molar-refractivity contribution in [2.45, 2.75) is 19.3 Å². The molecule has 5 nitrogen and oxygen atoms in total. The normalized spacial score (nSPS) is 12.2. The highest BCUT2D eigenvalue weighted by Crippen LogP contribution is 2.34. The maximum Gasteiger partial charge on any atom is 0.231 e. The van der Waals surface area contributed by atoms with E-state index in [1.807, 2.05) is 12.1 Å². The second-order valence-corrected chi connectivity index (χ2v) is 5.71. The van der Waals surface area contributed by atoms with E-state index in [-0.39, 0.29) is 12.7 Å². The molecule has 0 aromatic heterocycles. The molecule has 0 bridgehead atoms. The molecule has 24 heavy (non-hydrogen) atoms. The number of nitrogens with one attached hydrogen (secondary N) is 2. The van der Waals surface area contributed by atoms with Crippen LogP contribution in [-0.2, 0) is 11.2 Å². The lowest BCUT2D eigenvalue weighted by molar-refractivity contribution is -0.116. The van der Waals surface area contributed by atoms with Gasteiger partial charge in [-0.15, -0.1) is 0 Å². The maximum atomic E-state index is 11.9. The van der Waals surface area contributed by atoms with Crippen molar-refractivity contribution in [2.24, 2.45) is 0 Å². The molecule has 0 saturated heterocycles. The fourth-order valence-electron chi connectivity index (χ4n) is 2.59. The SMILES string of the molecule is O=C(CCNCCCc1ccccc1)Nc1ccc2c(c1)OCO2. The smallest absolute Gasteiger partial charge is 0.231 e. The Morgan fingerprint density at radius 2 is 1.83 bits per heavy atom. The van der Waals surface area contributed by atoms with Crippen LogP contribution in [0.4, 0.5) is 5.69 Å². The van der Waals surface area contributed by atoms with Crippen molar-refractivity contribution in [3.63, 3.8) is 0 Å². The predicted molar refractivity (Wildman–Crippen MR) is 93.4 cm³/mol. The monoisotopic (exact) mass is 326 g/mol. The average molecular weight is 326 g/mol. The summed E-state index contributed by atoms with van der Waals surface area (Å²) in [5, 5.41) is 6.18. The molecule has 0 atom stereocenters. The van der Waals surface area contributed by atoms with Gasteiger partial charge in [0, 0.05) is 24.7 Å². The zero-order chi connectivity index (χ0) is 16.6. The zero-order valence-electron chi connectivity index (χ0n) is 13.6. The number of benzene rings is 2. The zero-order valence-corrected chi connectivity index (χ0v) is 13.6. The molecule has 1 heterocycles. The third-order valence-electron chi connectivity index (χ3n) is 3.85. The number of anilines is 1. The van der Waals surface area contributed by atoms with Gasteiger partial charge in [0.2, 0.25) is 12.7 Å². The van der Waals surface area contributed by atoms with Crippen LogP contribution in [0, 0.1) is 0 Å². The molecule has 2 aromatic rings. The van der Waals surface area contributed by atoms with Crippen LogP contribution in [0.25, 0.3) is 0 Å². The van der Waals surface area contributed by atoms with Gasteiger partial charge < -0.3 is 20.1 Å². The molecule has 126 valence electrons. The number of carbonyl (C=O) groups is 1. The first kappa shape index (κ1) is 16.3. The average Bonchev–Trinajstić information content (AvgIpc) is 3.06. The lowest BCUT2D eigenvalue weighted by atomic mass is 10.1. The van der Waals surface area contributed by atoms with Gasteiger partial charge >= 0.3 is 0 Å². The molecule has 0 fully saturated rings. The van der Waals surface area contributed by atoms with Gasteiger partial charge in [-0.25, -0.2) is 0 Å². The fraction of sp³-hybridized carbons (Fsp3) is 0.316. The first-order valence-electron chi connectivity index (χ1n) is 8.25. The molecule has 2 aromatic carbocycles.